The lowest BCUT2D eigenvalue weighted by Crippen LogP contribution is -2.08. The normalized spacial score (nSPS) is 12.2. The van der Waals surface area contributed by atoms with Crippen LogP contribution in [0, 0.1) is 12.7 Å². The molecule has 0 aliphatic heterocycles. The van der Waals surface area contributed by atoms with Crippen LogP contribution in [0.4, 0.5) is 4.39 Å². The Hall–Kier alpha value is -1.87. The molecule has 2 rings (SSSR count). The van der Waals surface area contributed by atoms with Crippen LogP contribution in [-0.4, -0.2) is 0 Å². The average Bonchev–Trinajstić information content (AvgIpc) is 2.39. The van der Waals surface area contributed by atoms with Crippen LogP contribution >= 0.6 is 0 Å². The van der Waals surface area contributed by atoms with Crippen molar-refractivity contribution in [2.45, 2.75) is 26.5 Å². The largest absolute Gasteiger partial charge is 0.489 e. The van der Waals surface area contributed by atoms with Crippen LogP contribution in [-0.2, 0) is 6.61 Å². The van der Waals surface area contributed by atoms with Crippen molar-refractivity contribution in [1.29, 1.82) is 0 Å². The molecule has 2 aromatic carbocycles. The van der Waals surface area contributed by atoms with Crippen molar-refractivity contribution in [3.8, 4) is 5.75 Å². The monoisotopic (exact) mass is 259 g/mol. The third kappa shape index (κ3) is 3.55. The number of aryl methyl sites for hydroxylation is 1. The Bertz CT molecular complexity index is 549. The van der Waals surface area contributed by atoms with E-state index in [1.807, 2.05) is 38.1 Å². The summed E-state index contributed by atoms with van der Waals surface area (Å²) in [5, 5.41) is 0. The van der Waals surface area contributed by atoms with E-state index in [0.717, 1.165) is 5.56 Å². The highest BCUT2D eigenvalue weighted by molar-refractivity contribution is 5.36. The molecule has 0 spiro atoms. The molecule has 2 N–H and O–H groups in total. The molecule has 0 aromatic heterocycles. The van der Waals surface area contributed by atoms with Gasteiger partial charge in [-0.25, -0.2) is 4.39 Å². The SMILES string of the molecule is Cc1ccc(COc2ccc(F)cc2[C@H](C)N)cc1. The van der Waals surface area contributed by atoms with Gasteiger partial charge in [0, 0.05) is 11.6 Å². The lowest BCUT2D eigenvalue weighted by atomic mass is 10.1. The van der Waals surface area contributed by atoms with Crippen LogP contribution in [0.3, 0.4) is 0 Å². The van der Waals surface area contributed by atoms with Gasteiger partial charge in [-0.2, -0.15) is 0 Å². The standard InChI is InChI=1S/C16H18FNO/c1-11-3-5-13(6-4-11)10-19-16-8-7-14(17)9-15(16)12(2)18/h3-9,12H,10,18H2,1-2H3/t12-/m0/s1. The second-order valence-electron chi connectivity index (χ2n) is 4.75. The fourth-order valence-electron chi connectivity index (χ4n) is 1.85. The van der Waals surface area contributed by atoms with Gasteiger partial charge in [0.1, 0.15) is 18.2 Å². The highest BCUT2D eigenvalue weighted by Gasteiger charge is 2.09. The lowest BCUT2D eigenvalue weighted by Gasteiger charge is -2.14. The van der Waals surface area contributed by atoms with Crippen LogP contribution in [0.1, 0.15) is 29.7 Å². The molecule has 3 heteroatoms. The summed E-state index contributed by atoms with van der Waals surface area (Å²) in [6.07, 6.45) is 0. The van der Waals surface area contributed by atoms with E-state index < -0.39 is 0 Å². The van der Waals surface area contributed by atoms with Crippen molar-refractivity contribution in [1.82, 2.24) is 0 Å². The molecular formula is C16H18FNO. The van der Waals surface area contributed by atoms with E-state index in [1.54, 1.807) is 6.07 Å². The van der Waals surface area contributed by atoms with Gasteiger partial charge in [0.05, 0.1) is 0 Å². The van der Waals surface area contributed by atoms with Gasteiger partial charge in [-0.1, -0.05) is 29.8 Å². The number of hydrogen-bond donors (Lipinski definition) is 1. The summed E-state index contributed by atoms with van der Waals surface area (Å²) in [7, 11) is 0. The number of hydrogen-bond acceptors (Lipinski definition) is 2. The molecule has 0 unspecified atom stereocenters. The summed E-state index contributed by atoms with van der Waals surface area (Å²) in [5.74, 6) is 0.340. The predicted octanol–water partition coefficient (Wildman–Crippen LogP) is 3.73. The first-order chi connectivity index (χ1) is 9.06. The fraction of sp³-hybridized carbons (Fsp3) is 0.250. The van der Waals surface area contributed by atoms with Crippen molar-refractivity contribution >= 4 is 0 Å². The van der Waals surface area contributed by atoms with E-state index in [2.05, 4.69) is 0 Å². The predicted molar refractivity (Wildman–Crippen MR) is 74.5 cm³/mol. The zero-order valence-electron chi connectivity index (χ0n) is 11.2. The number of benzene rings is 2. The molecule has 0 amide bonds. The Morgan fingerprint density at radius 1 is 1.16 bits per heavy atom. The summed E-state index contributed by atoms with van der Waals surface area (Å²) in [6, 6.07) is 12.3. The molecule has 0 bridgehead atoms. The third-order valence-electron chi connectivity index (χ3n) is 2.98. The minimum Gasteiger partial charge on any atom is -0.489 e. The molecule has 1 atom stereocenters. The van der Waals surface area contributed by atoms with Crippen LogP contribution in [0.2, 0.25) is 0 Å². The Labute approximate surface area is 113 Å². The average molecular weight is 259 g/mol. The first-order valence-corrected chi connectivity index (χ1v) is 6.29. The number of rotatable bonds is 4. The first-order valence-electron chi connectivity index (χ1n) is 6.29. The Morgan fingerprint density at radius 2 is 1.84 bits per heavy atom. The molecule has 0 heterocycles. The maximum atomic E-state index is 13.2. The minimum absolute atomic E-state index is 0.260. The highest BCUT2D eigenvalue weighted by Crippen LogP contribution is 2.25. The van der Waals surface area contributed by atoms with Crippen LogP contribution < -0.4 is 10.5 Å². The Morgan fingerprint density at radius 3 is 2.47 bits per heavy atom. The van der Waals surface area contributed by atoms with Crippen molar-refractivity contribution in [3.05, 3.63) is 65.0 Å². The van der Waals surface area contributed by atoms with Gasteiger partial charge in [-0.15, -0.1) is 0 Å². The van der Waals surface area contributed by atoms with Crippen molar-refractivity contribution in [3.63, 3.8) is 0 Å². The maximum absolute atomic E-state index is 13.2. The van der Waals surface area contributed by atoms with Gasteiger partial charge in [-0.05, 0) is 37.6 Å². The third-order valence-corrected chi connectivity index (χ3v) is 2.98. The molecule has 0 saturated heterocycles. The fourth-order valence-corrected chi connectivity index (χ4v) is 1.85. The van der Waals surface area contributed by atoms with Crippen molar-refractivity contribution in [2.24, 2.45) is 5.73 Å². The summed E-state index contributed by atoms with van der Waals surface area (Å²) in [5.41, 5.74) is 8.80. The molecule has 0 aliphatic rings. The van der Waals surface area contributed by atoms with Gasteiger partial charge in [0.15, 0.2) is 0 Å². The lowest BCUT2D eigenvalue weighted by molar-refractivity contribution is 0.301. The zero-order chi connectivity index (χ0) is 13.8. The van der Waals surface area contributed by atoms with Gasteiger partial charge >= 0.3 is 0 Å². The van der Waals surface area contributed by atoms with Crippen molar-refractivity contribution in [2.75, 3.05) is 0 Å². The van der Waals surface area contributed by atoms with Gasteiger partial charge in [0.25, 0.3) is 0 Å². The number of nitrogens with two attached hydrogens (primary N) is 1. The van der Waals surface area contributed by atoms with E-state index in [4.69, 9.17) is 10.5 Å². The smallest absolute Gasteiger partial charge is 0.124 e. The number of ether oxygens (including phenoxy) is 1. The quantitative estimate of drug-likeness (QED) is 0.908. The van der Waals surface area contributed by atoms with Gasteiger partial charge < -0.3 is 10.5 Å². The van der Waals surface area contributed by atoms with E-state index >= 15 is 0 Å². The molecule has 0 radical (unpaired) electrons. The van der Waals surface area contributed by atoms with E-state index in [-0.39, 0.29) is 11.9 Å². The summed E-state index contributed by atoms with van der Waals surface area (Å²) in [6.45, 7) is 4.30. The van der Waals surface area contributed by atoms with Crippen molar-refractivity contribution < 1.29 is 9.13 Å². The van der Waals surface area contributed by atoms with Crippen LogP contribution in [0.15, 0.2) is 42.5 Å². The molecule has 0 saturated carbocycles. The van der Waals surface area contributed by atoms with E-state index in [1.165, 1.54) is 17.7 Å². The maximum Gasteiger partial charge on any atom is 0.124 e. The highest BCUT2D eigenvalue weighted by atomic mass is 19.1. The van der Waals surface area contributed by atoms with Gasteiger partial charge in [-0.3, -0.25) is 0 Å². The first kappa shape index (κ1) is 13.6. The topological polar surface area (TPSA) is 35.2 Å². The number of halogens is 1. The summed E-state index contributed by atoms with van der Waals surface area (Å²) in [4.78, 5) is 0. The molecule has 100 valence electrons. The summed E-state index contributed by atoms with van der Waals surface area (Å²) < 4.78 is 18.9. The second-order valence-corrected chi connectivity index (χ2v) is 4.75. The zero-order valence-corrected chi connectivity index (χ0v) is 11.2. The molecule has 2 aromatic rings. The molecule has 19 heavy (non-hydrogen) atoms. The molecule has 0 fully saturated rings. The second kappa shape index (κ2) is 5.85. The molecule has 2 nitrogen and oxygen atoms in total. The Balaban J connectivity index is 2.13. The van der Waals surface area contributed by atoms with E-state index in [9.17, 15) is 4.39 Å². The van der Waals surface area contributed by atoms with Gasteiger partial charge in [0.2, 0.25) is 0 Å². The van der Waals surface area contributed by atoms with Crippen LogP contribution in [0.5, 0.6) is 5.75 Å². The summed E-state index contributed by atoms with van der Waals surface area (Å²) >= 11 is 0. The van der Waals surface area contributed by atoms with Crippen LogP contribution in [0.25, 0.3) is 0 Å². The molecule has 0 aliphatic carbocycles. The molecular weight excluding hydrogens is 241 g/mol. The minimum atomic E-state index is -0.296. The van der Waals surface area contributed by atoms with E-state index in [0.29, 0.717) is 17.9 Å². The Kier molecular flexibility index (Phi) is 4.17.